The monoisotopic (exact) mass is 616 g/mol. The third kappa shape index (κ3) is 5.79. The van der Waals surface area contributed by atoms with E-state index in [9.17, 15) is 14.4 Å². The van der Waals surface area contributed by atoms with Crippen molar-refractivity contribution in [3.63, 3.8) is 0 Å². The molecule has 0 bridgehead atoms. The molecule has 1 aliphatic heterocycles. The second kappa shape index (κ2) is 10.8. The number of Topliss-reactive ketones (excluding diaryl/α,β-unsaturated/α-hetero) is 1. The van der Waals surface area contributed by atoms with E-state index in [2.05, 4.69) is 50.0 Å². The average Bonchev–Trinajstić information content (AvgIpc) is 3.44. The van der Waals surface area contributed by atoms with Gasteiger partial charge in [-0.2, -0.15) is 0 Å². The maximum Gasteiger partial charge on any atom is 0.248 e. The number of anilines is 1. The number of carbonyl (C=O) groups is 3. The number of ketones is 1. The van der Waals surface area contributed by atoms with Gasteiger partial charge in [0.05, 0.1) is 5.52 Å². The number of rotatable bonds is 6. The van der Waals surface area contributed by atoms with Crippen LogP contribution in [0, 0.1) is 26.2 Å². The van der Waals surface area contributed by atoms with Crippen molar-refractivity contribution in [1.29, 1.82) is 0 Å². The molecule has 1 N–H and O–H groups in total. The predicted octanol–water partition coefficient (Wildman–Crippen LogP) is 5.65. The Hall–Kier alpha value is -3.92. The van der Waals surface area contributed by atoms with Gasteiger partial charge in [-0.15, -0.1) is 0 Å². The number of nitrogens with zero attached hydrogens (tertiary/aromatic N) is 5. The molecular weight excluding hydrogens is 584 g/mol. The molecule has 1 aliphatic rings. The molecule has 5 rings (SSSR count). The Labute approximate surface area is 247 Å². The highest BCUT2D eigenvalue weighted by Crippen LogP contribution is 2.36. The van der Waals surface area contributed by atoms with Crippen LogP contribution in [0.2, 0.25) is 0 Å². The fraction of sp³-hybridized carbons (Fsp3) is 0.355. The number of aryl methyl sites for hydroxylation is 3. The maximum absolute atomic E-state index is 13.8. The number of amides is 2. The number of benzene rings is 1. The zero-order valence-electron chi connectivity index (χ0n) is 24.1. The molecule has 10 heteroatoms. The standard InChI is InChI=1S/C31H33BrN6O3/c1-17-7-8-26(32)35-29(17)36-30(41)25-11-31(5,6)16-38(25)27(40)15-37-14-24(19(3)39)23-10-21(9-18(2)28(23)37)22-12-33-20(4)34-13-22/h7-10,12-14,25H,11,15-16H2,1-6H3,(H,35,36,41)/t25-/m0/s1. The van der Waals surface area contributed by atoms with Gasteiger partial charge >= 0.3 is 0 Å². The maximum atomic E-state index is 13.8. The van der Waals surface area contributed by atoms with Crippen LogP contribution in [-0.4, -0.2) is 54.6 Å². The van der Waals surface area contributed by atoms with Crippen LogP contribution in [0.15, 0.2) is 47.5 Å². The SMILES string of the molecule is CC(=O)c1cn(CC(=O)N2CC(C)(C)C[C@H]2C(=O)Nc2nc(Br)ccc2C)c2c(C)cc(-c3cnc(C)nc3)cc12. The lowest BCUT2D eigenvalue weighted by atomic mass is 9.90. The van der Waals surface area contributed by atoms with Gasteiger partial charge in [0.15, 0.2) is 5.78 Å². The molecule has 4 aromatic rings. The molecule has 41 heavy (non-hydrogen) atoms. The van der Waals surface area contributed by atoms with E-state index in [0.29, 0.717) is 34.8 Å². The van der Waals surface area contributed by atoms with Gasteiger partial charge in [-0.3, -0.25) is 14.4 Å². The molecule has 1 fully saturated rings. The normalized spacial score (nSPS) is 16.3. The number of likely N-dealkylation sites (tertiary alicyclic amines) is 1. The molecule has 3 aromatic heterocycles. The minimum Gasteiger partial charge on any atom is -0.337 e. The van der Waals surface area contributed by atoms with Crippen LogP contribution in [0.4, 0.5) is 5.82 Å². The van der Waals surface area contributed by atoms with Crippen molar-refractivity contribution < 1.29 is 14.4 Å². The Balaban J connectivity index is 1.47. The largest absolute Gasteiger partial charge is 0.337 e. The van der Waals surface area contributed by atoms with Crippen LogP contribution < -0.4 is 5.32 Å². The molecule has 9 nitrogen and oxygen atoms in total. The molecule has 4 heterocycles. The van der Waals surface area contributed by atoms with Crippen LogP contribution in [0.25, 0.3) is 22.0 Å². The van der Waals surface area contributed by atoms with Crippen molar-refractivity contribution in [3.8, 4) is 11.1 Å². The van der Waals surface area contributed by atoms with E-state index in [-0.39, 0.29) is 29.6 Å². The lowest BCUT2D eigenvalue weighted by Gasteiger charge is -2.25. The Morgan fingerprint density at radius 1 is 1.05 bits per heavy atom. The molecule has 1 aromatic carbocycles. The second-order valence-corrected chi connectivity index (χ2v) is 12.4. The van der Waals surface area contributed by atoms with E-state index in [1.165, 1.54) is 6.92 Å². The number of hydrogen-bond acceptors (Lipinski definition) is 6. The van der Waals surface area contributed by atoms with E-state index in [1.54, 1.807) is 23.5 Å². The summed E-state index contributed by atoms with van der Waals surface area (Å²) < 4.78 is 2.45. The Morgan fingerprint density at radius 3 is 2.44 bits per heavy atom. The number of pyridine rings is 1. The van der Waals surface area contributed by atoms with Crippen LogP contribution >= 0.6 is 15.9 Å². The highest BCUT2D eigenvalue weighted by Gasteiger charge is 2.43. The van der Waals surface area contributed by atoms with Crippen molar-refractivity contribution in [2.75, 3.05) is 11.9 Å². The first-order valence-electron chi connectivity index (χ1n) is 13.5. The highest BCUT2D eigenvalue weighted by molar-refractivity contribution is 9.10. The van der Waals surface area contributed by atoms with Gasteiger partial charge in [0.1, 0.15) is 28.8 Å². The van der Waals surface area contributed by atoms with E-state index >= 15 is 0 Å². The predicted molar refractivity (Wildman–Crippen MR) is 162 cm³/mol. The number of carbonyl (C=O) groups excluding carboxylic acids is 3. The van der Waals surface area contributed by atoms with Crippen LogP contribution in [-0.2, 0) is 16.1 Å². The molecule has 0 aliphatic carbocycles. The van der Waals surface area contributed by atoms with E-state index < -0.39 is 6.04 Å². The smallest absolute Gasteiger partial charge is 0.248 e. The molecule has 1 saturated heterocycles. The number of fused-ring (bicyclic) bond motifs is 1. The quantitative estimate of drug-likeness (QED) is 0.221. The van der Waals surface area contributed by atoms with E-state index in [4.69, 9.17) is 0 Å². The molecule has 0 unspecified atom stereocenters. The number of hydrogen-bond donors (Lipinski definition) is 1. The van der Waals surface area contributed by atoms with Crippen molar-refractivity contribution in [2.24, 2.45) is 5.41 Å². The molecule has 0 radical (unpaired) electrons. The topological polar surface area (TPSA) is 110 Å². The summed E-state index contributed by atoms with van der Waals surface area (Å²) in [6, 6.07) is 7.02. The summed E-state index contributed by atoms with van der Waals surface area (Å²) >= 11 is 3.36. The summed E-state index contributed by atoms with van der Waals surface area (Å²) in [5, 5.41) is 3.70. The first kappa shape index (κ1) is 28.6. The van der Waals surface area contributed by atoms with Gasteiger partial charge in [-0.05, 0) is 90.4 Å². The van der Waals surface area contributed by atoms with Gasteiger partial charge in [-0.25, -0.2) is 15.0 Å². The fourth-order valence-corrected chi connectivity index (χ4v) is 5.91. The third-order valence-corrected chi connectivity index (χ3v) is 8.05. The molecule has 0 saturated carbocycles. The zero-order valence-corrected chi connectivity index (χ0v) is 25.7. The minimum atomic E-state index is -0.638. The first-order chi connectivity index (χ1) is 19.3. The molecular formula is C31H33BrN6O3. The lowest BCUT2D eigenvalue weighted by molar-refractivity contribution is -0.137. The molecule has 2 amide bonds. The summed E-state index contributed by atoms with van der Waals surface area (Å²) in [7, 11) is 0. The van der Waals surface area contributed by atoms with Gasteiger partial charge in [0, 0.05) is 41.6 Å². The highest BCUT2D eigenvalue weighted by atomic mass is 79.9. The van der Waals surface area contributed by atoms with Crippen molar-refractivity contribution in [3.05, 3.63) is 70.0 Å². The van der Waals surface area contributed by atoms with E-state index in [0.717, 1.165) is 33.2 Å². The zero-order chi connectivity index (χ0) is 29.6. The number of aromatic nitrogens is 4. The van der Waals surface area contributed by atoms with Crippen molar-refractivity contribution >= 4 is 50.2 Å². The second-order valence-electron chi connectivity index (χ2n) is 11.6. The Kier molecular flexibility index (Phi) is 7.54. The van der Waals surface area contributed by atoms with Crippen molar-refractivity contribution in [1.82, 2.24) is 24.4 Å². The minimum absolute atomic E-state index is 0.00559. The van der Waals surface area contributed by atoms with Crippen LogP contribution in [0.5, 0.6) is 0 Å². The summed E-state index contributed by atoms with van der Waals surface area (Å²) in [6.07, 6.45) is 5.81. The number of halogens is 1. The first-order valence-corrected chi connectivity index (χ1v) is 14.3. The van der Waals surface area contributed by atoms with Gasteiger partial charge in [0.25, 0.3) is 0 Å². The fourth-order valence-electron chi connectivity index (χ4n) is 5.60. The van der Waals surface area contributed by atoms with Gasteiger partial charge < -0.3 is 14.8 Å². The van der Waals surface area contributed by atoms with Gasteiger partial charge in [-0.1, -0.05) is 19.9 Å². The molecule has 1 atom stereocenters. The van der Waals surface area contributed by atoms with Crippen LogP contribution in [0.3, 0.4) is 0 Å². The third-order valence-electron chi connectivity index (χ3n) is 7.61. The summed E-state index contributed by atoms with van der Waals surface area (Å²) in [6.45, 7) is 11.8. The van der Waals surface area contributed by atoms with Gasteiger partial charge in [0.2, 0.25) is 11.8 Å². The average molecular weight is 618 g/mol. The lowest BCUT2D eigenvalue weighted by Crippen LogP contribution is -2.44. The van der Waals surface area contributed by atoms with Crippen LogP contribution in [0.1, 0.15) is 54.5 Å². The summed E-state index contributed by atoms with van der Waals surface area (Å²) in [5.74, 6) is 0.613. The van der Waals surface area contributed by atoms with E-state index in [1.807, 2.05) is 49.6 Å². The summed E-state index contributed by atoms with van der Waals surface area (Å²) in [5.41, 5.74) is 4.62. The number of nitrogens with one attached hydrogen (secondary N) is 1. The summed E-state index contributed by atoms with van der Waals surface area (Å²) in [4.78, 5) is 54.7. The molecule has 0 spiro atoms. The van der Waals surface area contributed by atoms with Crippen molar-refractivity contribution in [2.45, 2.75) is 60.5 Å². The molecule has 212 valence electrons. The Morgan fingerprint density at radius 2 is 1.76 bits per heavy atom. The Bertz CT molecular complexity index is 1690.